The first-order valence-electron chi connectivity index (χ1n) is 10.3. The monoisotopic (exact) mass is 437 g/mol. The van der Waals surface area contributed by atoms with Gasteiger partial charge in [-0.25, -0.2) is 8.42 Å². The van der Waals surface area contributed by atoms with Crippen molar-refractivity contribution in [2.45, 2.75) is 22.2 Å². The molecule has 2 atom stereocenters. The molecule has 31 heavy (non-hydrogen) atoms. The summed E-state index contributed by atoms with van der Waals surface area (Å²) in [5.74, 6) is -0.213. The number of ether oxygens (including phenoxy) is 1. The molecule has 1 amide bonds. The van der Waals surface area contributed by atoms with Gasteiger partial charge in [0.1, 0.15) is 17.5 Å². The van der Waals surface area contributed by atoms with E-state index in [9.17, 15) is 13.2 Å². The number of pyridine rings is 1. The topological polar surface area (TPSA) is 97.4 Å². The van der Waals surface area contributed by atoms with Crippen molar-refractivity contribution in [3.05, 3.63) is 60.8 Å². The van der Waals surface area contributed by atoms with Gasteiger partial charge in [-0.2, -0.15) is 0 Å². The Kier molecular flexibility index (Phi) is 5.00. The molecule has 7 nitrogen and oxygen atoms in total. The zero-order chi connectivity index (χ0) is 21.5. The molecule has 2 unspecified atom stereocenters. The molecule has 160 valence electrons. The lowest BCUT2D eigenvalue weighted by atomic mass is 9.90. The summed E-state index contributed by atoms with van der Waals surface area (Å²) in [6.45, 7) is 1.04. The fourth-order valence-electron chi connectivity index (χ4n) is 4.45. The van der Waals surface area contributed by atoms with E-state index in [1.165, 1.54) is 0 Å². The van der Waals surface area contributed by atoms with Crippen molar-refractivity contribution in [3.63, 3.8) is 0 Å². The Morgan fingerprint density at radius 3 is 2.65 bits per heavy atom. The molecule has 2 aliphatic rings. The number of aromatic nitrogens is 1. The maximum Gasteiger partial charge on any atom is 0.246 e. The molecule has 2 saturated heterocycles. The van der Waals surface area contributed by atoms with Crippen LogP contribution < -0.4 is 10.6 Å². The van der Waals surface area contributed by atoms with Crippen molar-refractivity contribution in [2.75, 3.05) is 26.2 Å². The average molecular weight is 438 g/mol. The molecule has 3 aromatic rings. The Bertz CT molecular complexity index is 1230. The molecular weight excluding hydrogens is 414 g/mol. The van der Waals surface area contributed by atoms with Crippen molar-refractivity contribution < 1.29 is 17.9 Å². The number of benzene rings is 2. The Morgan fingerprint density at radius 1 is 1.06 bits per heavy atom. The number of rotatable bonds is 3. The molecule has 1 spiro atoms. The van der Waals surface area contributed by atoms with Crippen molar-refractivity contribution in [1.29, 1.82) is 0 Å². The van der Waals surface area contributed by atoms with E-state index in [2.05, 4.69) is 15.6 Å². The van der Waals surface area contributed by atoms with E-state index in [4.69, 9.17) is 4.74 Å². The Morgan fingerprint density at radius 2 is 1.87 bits per heavy atom. The number of sulfone groups is 1. The molecule has 0 aliphatic carbocycles. The molecule has 8 heteroatoms. The lowest BCUT2D eigenvalue weighted by molar-refractivity contribution is -0.146. The summed E-state index contributed by atoms with van der Waals surface area (Å²) in [5, 5.41) is 6.23. The van der Waals surface area contributed by atoms with Gasteiger partial charge >= 0.3 is 0 Å². The molecule has 0 saturated carbocycles. The molecule has 2 aliphatic heterocycles. The normalized spacial score (nSPS) is 24.3. The van der Waals surface area contributed by atoms with Crippen molar-refractivity contribution in [1.82, 2.24) is 15.6 Å². The van der Waals surface area contributed by atoms with Crippen LogP contribution in [0.5, 0.6) is 0 Å². The number of amides is 1. The minimum Gasteiger partial charge on any atom is -0.362 e. The van der Waals surface area contributed by atoms with E-state index >= 15 is 0 Å². The predicted molar refractivity (Wildman–Crippen MR) is 117 cm³/mol. The molecule has 2 fully saturated rings. The highest BCUT2D eigenvalue weighted by Crippen LogP contribution is 2.34. The second kappa shape index (κ2) is 7.71. The zero-order valence-electron chi connectivity index (χ0n) is 16.9. The van der Waals surface area contributed by atoms with Gasteiger partial charge in [0, 0.05) is 24.7 Å². The fraction of sp³-hybridized carbons (Fsp3) is 0.304. The molecule has 2 aromatic carbocycles. The highest BCUT2D eigenvalue weighted by atomic mass is 32.2. The van der Waals surface area contributed by atoms with Gasteiger partial charge in [-0.1, -0.05) is 30.3 Å². The van der Waals surface area contributed by atoms with Gasteiger partial charge in [-0.05, 0) is 48.4 Å². The standard InChI is InChI=1S/C23H23N3O4S/c27-22-14-30-23(15-26-22)9-11-24-13-21(23)31(28,29)19-7-5-16(6-8-19)18-4-3-17-2-1-10-25-20(17)12-18/h1-8,10,12,21,24H,9,11,13-15H2,(H,26,27). The first kappa shape index (κ1) is 20.1. The summed E-state index contributed by atoms with van der Waals surface area (Å²) in [4.78, 5) is 16.2. The largest absolute Gasteiger partial charge is 0.362 e. The van der Waals surface area contributed by atoms with Gasteiger partial charge in [0.25, 0.3) is 0 Å². The van der Waals surface area contributed by atoms with E-state index in [0.717, 1.165) is 22.0 Å². The number of nitrogens with zero attached hydrogens (tertiary/aromatic N) is 1. The van der Waals surface area contributed by atoms with Crippen LogP contribution >= 0.6 is 0 Å². The summed E-state index contributed by atoms with van der Waals surface area (Å²) in [7, 11) is -3.67. The maximum atomic E-state index is 13.5. The molecule has 0 radical (unpaired) electrons. The smallest absolute Gasteiger partial charge is 0.246 e. The summed E-state index contributed by atoms with van der Waals surface area (Å²) >= 11 is 0. The second-order valence-electron chi connectivity index (χ2n) is 8.05. The van der Waals surface area contributed by atoms with Crippen molar-refractivity contribution >= 4 is 26.6 Å². The summed E-state index contributed by atoms with van der Waals surface area (Å²) in [5.41, 5.74) is 1.89. The average Bonchev–Trinajstić information content (AvgIpc) is 2.81. The maximum absolute atomic E-state index is 13.5. The molecule has 2 N–H and O–H groups in total. The molecular formula is C23H23N3O4S. The van der Waals surface area contributed by atoms with Gasteiger partial charge in [0.05, 0.1) is 10.4 Å². The third kappa shape index (κ3) is 3.60. The van der Waals surface area contributed by atoms with Gasteiger partial charge in [0.2, 0.25) is 5.91 Å². The van der Waals surface area contributed by atoms with Crippen LogP contribution in [0.4, 0.5) is 0 Å². The summed E-state index contributed by atoms with van der Waals surface area (Å²) < 4.78 is 32.9. The lowest BCUT2D eigenvalue weighted by Crippen LogP contribution is -2.66. The number of hydrogen-bond donors (Lipinski definition) is 2. The van der Waals surface area contributed by atoms with Gasteiger partial charge < -0.3 is 15.4 Å². The van der Waals surface area contributed by atoms with Crippen LogP contribution in [0.25, 0.3) is 22.0 Å². The van der Waals surface area contributed by atoms with Crippen LogP contribution in [0, 0.1) is 0 Å². The molecule has 1 aromatic heterocycles. The van der Waals surface area contributed by atoms with E-state index < -0.39 is 20.7 Å². The minimum absolute atomic E-state index is 0.110. The van der Waals surface area contributed by atoms with Crippen LogP contribution in [0.3, 0.4) is 0 Å². The first-order valence-corrected chi connectivity index (χ1v) is 11.8. The third-order valence-corrected chi connectivity index (χ3v) is 8.49. The van der Waals surface area contributed by atoms with Crippen LogP contribution in [0.2, 0.25) is 0 Å². The summed E-state index contributed by atoms with van der Waals surface area (Å²) in [6.07, 6.45) is 2.28. The summed E-state index contributed by atoms with van der Waals surface area (Å²) in [6, 6.07) is 16.9. The lowest BCUT2D eigenvalue weighted by Gasteiger charge is -2.45. The van der Waals surface area contributed by atoms with E-state index in [-0.39, 0.29) is 30.5 Å². The Hall–Kier alpha value is -2.81. The van der Waals surface area contributed by atoms with Crippen LogP contribution in [-0.2, 0) is 19.4 Å². The van der Waals surface area contributed by atoms with E-state index in [0.29, 0.717) is 13.0 Å². The fourth-order valence-corrected chi connectivity index (χ4v) is 6.46. The number of fused-ring (bicyclic) bond motifs is 1. The second-order valence-corrected chi connectivity index (χ2v) is 10.2. The van der Waals surface area contributed by atoms with E-state index in [1.807, 2.05) is 42.5 Å². The van der Waals surface area contributed by atoms with Gasteiger partial charge in [-0.3, -0.25) is 9.78 Å². The number of piperidine rings is 1. The minimum atomic E-state index is -3.67. The van der Waals surface area contributed by atoms with E-state index in [1.54, 1.807) is 18.3 Å². The van der Waals surface area contributed by atoms with Crippen molar-refractivity contribution in [3.8, 4) is 11.1 Å². The Balaban J connectivity index is 1.45. The number of nitrogens with one attached hydrogen (secondary N) is 2. The molecule has 5 rings (SSSR count). The van der Waals surface area contributed by atoms with Crippen molar-refractivity contribution in [2.24, 2.45) is 0 Å². The number of hydrogen-bond acceptors (Lipinski definition) is 6. The van der Waals surface area contributed by atoms with Crippen LogP contribution in [0.15, 0.2) is 65.7 Å². The van der Waals surface area contributed by atoms with Crippen LogP contribution in [-0.4, -0.2) is 56.4 Å². The molecule has 0 bridgehead atoms. The number of morpholine rings is 1. The first-order chi connectivity index (χ1) is 15.0. The highest BCUT2D eigenvalue weighted by Gasteiger charge is 2.51. The predicted octanol–water partition coefficient (Wildman–Crippen LogP) is 1.92. The van der Waals surface area contributed by atoms with Gasteiger partial charge in [0.15, 0.2) is 9.84 Å². The SMILES string of the molecule is O=C1COC2(CCNCC2S(=O)(=O)c2ccc(-c3ccc4cccnc4c3)cc2)CN1. The zero-order valence-corrected chi connectivity index (χ0v) is 17.7. The third-order valence-electron chi connectivity index (χ3n) is 6.21. The molecule has 3 heterocycles. The van der Waals surface area contributed by atoms with Gasteiger partial charge in [-0.15, -0.1) is 0 Å². The quantitative estimate of drug-likeness (QED) is 0.650. The highest BCUT2D eigenvalue weighted by molar-refractivity contribution is 7.92. The van der Waals surface area contributed by atoms with Crippen LogP contribution in [0.1, 0.15) is 6.42 Å². The number of carbonyl (C=O) groups is 1. The number of carbonyl (C=O) groups excluding carboxylic acids is 1. The Labute approximate surface area is 180 Å².